The van der Waals surface area contributed by atoms with Gasteiger partial charge in [-0.05, 0) is 25.0 Å². The Kier molecular flexibility index (Phi) is 5.47. The van der Waals surface area contributed by atoms with Gasteiger partial charge in [0, 0.05) is 45.5 Å². The molecule has 1 unspecified atom stereocenters. The number of aryl methyl sites for hydroxylation is 1. The van der Waals surface area contributed by atoms with Crippen LogP contribution in [0.25, 0.3) is 0 Å². The molecule has 0 aromatic carbocycles. The zero-order valence-electron chi connectivity index (χ0n) is 12.8. The molecule has 1 aromatic heterocycles. The lowest BCUT2D eigenvalue weighted by atomic mass is 10.0. The summed E-state index contributed by atoms with van der Waals surface area (Å²) < 4.78 is 1.85. The maximum Gasteiger partial charge on any atom is 0.270 e. The average molecular weight is 327 g/mol. The molecular weight excluding hydrogens is 304 g/mol. The second-order valence-electron chi connectivity index (χ2n) is 5.82. The summed E-state index contributed by atoms with van der Waals surface area (Å²) in [6.07, 6.45) is 3.83. The van der Waals surface area contributed by atoms with Gasteiger partial charge in [0.05, 0.1) is 6.54 Å². The molecule has 0 aliphatic carbocycles. The molecule has 22 heavy (non-hydrogen) atoms. The van der Waals surface area contributed by atoms with Gasteiger partial charge in [-0.15, -0.1) is 12.4 Å². The van der Waals surface area contributed by atoms with Crippen molar-refractivity contribution in [3.63, 3.8) is 0 Å². The Balaban J connectivity index is 0.00000176. The van der Waals surface area contributed by atoms with Crippen LogP contribution < -0.4 is 5.32 Å². The van der Waals surface area contributed by atoms with E-state index in [9.17, 15) is 9.59 Å². The predicted octanol–water partition coefficient (Wildman–Crippen LogP) is 0.483. The van der Waals surface area contributed by atoms with Crippen LogP contribution in [0.4, 0.5) is 0 Å². The van der Waals surface area contributed by atoms with Crippen molar-refractivity contribution in [2.75, 3.05) is 32.7 Å². The van der Waals surface area contributed by atoms with Crippen LogP contribution in [0.3, 0.4) is 0 Å². The summed E-state index contributed by atoms with van der Waals surface area (Å²) >= 11 is 0. The second-order valence-corrected chi connectivity index (χ2v) is 5.82. The third kappa shape index (κ3) is 3.28. The third-order valence-electron chi connectivity index (χ3n) is 4.41. The number of carbonyl (C=O) groups is 2. The molecule has 7 heteroatoms. The molecule has 0 radical (unpaired) electrons. The van der Waals surface area contributed by atoms with Crippen molar-refractivity contribution in [3.8, 4) is 0 Å². The number of piperidine rings is 1. The predicted molar refractivity (Wildman–Crippen MR) is 86.2 cm³/mol. The van der Waals surface area contributed by atoms with Crippen molar-refractivity contribution in [1.82, 2.24) is 19.7 Å². The highest BCUT2D eigenvalue weighted by Gasteiger charge is 2.32. The number of halogens is 1. The molecule has 122 valence electrons. The second kappa shape index (κ2) is 7.15. The van der Waals surface area contributed by atoms with Gasteiger partial charge in [-0.1, -0.05) is 0 Å². The van der Waals surface area contributed by atoms with Gasteiger partial charge in [0.2, 0.25) is 5.91 Å². The first-order valence-corrected chi connectivity index (χ1v) is 7.57. The molecule has 2 saturated heterocycles. The molecule has 6 nitrogen and oxygen atoms in total. The van der Waals surface area contributed by atoms with Gasteiger partial charge in [0.25, 0.3) is 5.91 Å². The summed E-state index contributed by atoms with van der Waals surface area (Å²) in [7, 11) is 1.88. The number of amides is 2. The van der Waals surface area contributed by atoms with Crippen molar-refractivity contribution in [2.45, 2.75) is 18.9 Å². The van der Waals surface area contributed by atoms with Gasteiger partial charge < -0.3 is 19.7 Å². The highest BCUT2D eigenvalue weighted by Crippen LogP contribution is 2.19. The SMILES string of the molecule is Cl.Cn1cccc1C(=O)N1CCCC(N2CCNCC2=O)C1. The van der Waals surface area contributed by atoms with Crippen LogP contribution in [0.15, 0.2) is 18.3 Å². The minimum Gasteiger partial charge on any atom is -0.347 e. The van der Waals surface area contributed by atoms with Crippen LogP contribution >= 0.6 is 12.4 Å². The third-order valence-corrected chi connectivity index (χ3v) is 4.41. The molecule has 3 rings (SSSR count). The number of hydrogen-bond acceptors (Lipinski definition) is 3. The van der Waals surface area contributed by atoms with Crippen LogP contribution in [0.1, 0.15) is 23.3 Å². The molecule has 0 spiro atoms. The van der Waals surface area contributed by atoms with Crippen molar-refractivity contribution >= 4 is 24.2 Å². The fourth-order valence-electron chi connectivity index (χ4n) is 3.25. The molecular formula is C15H23ClN4O2. The van der Waals surface area contributed by atoms with Crippen LogP contribution in [0, 0.1) is 0 Å². The molecule has 2 fully saturated rings. The Labute approximate surface area is 136 Å². The summed E-state index contributed by atoms with van der Waals surface area (Å²) in [6.45, 7) is 3.43. The molecule has 0 bridgehead atoms. The lowest BCUT2D eigenvalue weighted by Crippen LogP contribution is -2.57. The largest absolute Gasteiger partial charge is 0.347 e. The number of rotatable bonds is 2. The number of nitrogens with zero attached hydrogens (tertiary/aromatic N) is 3. The molecule has 2 aliphatic rings. The minimum absolute atomic E-state index is 0. The fraction of sp³-hybridized carbons (Fsp3) is 0.600. The average Bonchev–Trinajstić information content (AvgIpc) is 2.93. The van der Waals surface area contributed by atoms with Crippen molar-refractivity contribution in [3.05, 3.63) is 24.0 Å². The zero-order valence-corrected chi connectivity index (χ0v) is 13.6. The lowest BCUT2D eigenvalue weighted by Gasteiger charge is -2.41. The van der Waals surface area contributed by atoms with Crippen LogP contribution in [-0.2, 0) is 11.8 Å². The van der Waals surface area contributed by atoms with E-state index in [4.69, 9.17) is 0 Å². The van der Waals surface area contributed by atoms with E-state index in [0.29, 0.717) is 18.8 Å². The van der Waals surface area contributed by atoms with E-state index < -0.39 is 0 Å². The standard InChI is InChI=1S/C15H22N4O2.ClH/c1-17-7-3-5-13(17)15(21)18-8-2-4-12(11-18)19-9-6-16-10-14(19)20;/h3,5,7,12,16H,2,4,6,8-11H2,1H3;1H. The maximum atomic E-state index is 12.6. The van der Waals surface area contributed by atoms with Crippen molar-refractivity contribution in [2.24, 2.45) is 7.05 Å². The monoisotopic (exact) mass is 326 g/mol. The van der Waals surface area contributed by atoms with Crippen LogP contribution in [0.2, 0.25) is 0 Å². The van der Waals surface area contributed by atoms with Gasteiger partial charge in [-0.3, -0.25) is 9.59 Å². The Morgan fingerprint density at radius 3 is 2.86 bits per heavy atom. The van der Waals surface area contributed by atoms with E-state index in [1.165, 1.54) is 0 Å². The lowest BCUT2D eigenvalue weighted by molar-refractivity contribution is -0.135. The van der Waals surface area contributed by atoms with Crippen LogP contribution in [-0.4, -0.2) is 64.9 Å². The fourth-order valence-corrected chi connectivity index (χ4v) is 3.25. The molecule has 2 aliphatic heterocycles. The smallest absolute Gasteiger partial charge is 0.270 e. The number of hydrogen-bond donors (Lipinski definition) is 1. The van der Waals surface area contributed by atoms with E-state index in [-0.39, 0.29) is 30.3 Å². The van der Waals surface area contributed by atoms with Gasteiger partial charge in [0.15, 0.2) is 0 Å². The molecule has 1 aromatic rings. The van der Waals surface area contributed by atoms with Gasteiger partial charge in [-0.2, -0.15) is 0 Å². The topological polar surface area (TPSA) is 57.6 Å². The first-order valence-electron chi connectivity index (χ1n) is 7.57. The normalized spacial score (nSPS) is 22.4. The van der Waals surface area contributed by atoms with E-state index in [0.717, 1.165) is 32.5 Å². The number of aromatic nitrogens is 1. The zero-order chi connectivity index (χ0) is 14.8. The molecule has 0 saturated carbocycles. The summed E-state index contributed by atoms with van der Waals surface area (Å²) in [5.41, 5.74) is 0.710. The van der Waals surface area contributed by atoms with Gasteiger partial charge >= 0.3 is 0 Å². The first kappa shape index (κ1) is 16.8. The Morgan fingerprint density at radius 1 is 1.36 bits per heavy atom. The summed E-state index contributed by atoms with van der Waals surface area (Å²) in [5.74, 6) is 0.217. The minimum atomic E-state index is 0. The summed E-state index contributed by atoms with van der Waals surface area (Å²) in [6, 6.07) is 3.90. The summed E-state index contributed by atoms with van der Waals surface area (Å²) in [5, 5.41) is 3.09. The number of carbonyl (C=O) groups excluding carboxylic acids is 2. The summed E-state index contributed by atoms with van der Waals surface area (Å²) in [4.78, 5) is 28.4. The Morgan fingerprint density at radius 2 is 2.18 bits per heavy atom. The highest BCUT2D eigenvalue weighted by molar-refractivity contribution is 5.93. The van der Waals surface area contributed by atoms with Gasteiger partial charge in [-0.25, -0.2) is 0 Å². The Hall–Kier alpha value is -1.53. The molecule has 2 amide bonds. The van der Waals surface area contributed by atoms with E-state index >= 15 is 0 Å². The Bertz CT molecular complexity index is 545. The number of likely N-dealkylation sites (tertiary alicyclic amines) is 1. The number of nitrogens with one attached hydrogen (secondary N) is 1. The van der Waals surface area contributed by atoms with Crippen LogP contribution in [0.5, 0.6) is 0 Å². The van der Waals surface area contributed by atoms with Crippen molar-refractivity contribution < 1.29 is 9.59 Å². The van der Waals surface area contributed by atoms with E-state index in [1.54, 1.807) is 0 Å². The molecule has 1 N–H and O–H groups in total. The highest BCUT2D eigenvalue weighted by atomic mass is 35.5. The van der Waals surface area contributed by atoms with E-state index in [2.05, 4.69) is 5.32 Å². The number of piperazine rings is 1. The first-order chi connectivity index (χ1) is 10.2. The quantitative estimate of drug-likeness (QED) is 0.860. The van der Waals surface area contributed by atoms with E-state index in [1.807, 2.05) is 39.7 Å². The van der Waals surface area contributed by atoms with Gasteiger partial charge in [0.1, 0.15) is 5.69 Å². The van der Waals surface area contributed by atoms with Crippen molar-refractivity contribution in [1.29, 1.82) is 0 Å². The molecule has 3 heterocycles. The maximum absolute atomic E-state index is 12.6. The molecule has 1 atom stereocenters.